The van der Waals surface area contributed by atoms with Gasteiger partial charge in [0.2, 0.25) is 0 Å². The summed E-state index contributed by atoms with van der Waals surface area (Å²) in [6.45, 7) is 0.230. The van der Waals surface area contributed by atoms with Gasteiger partial charge in [0.15, 0.2) is 0 Å². The molecule has 0 saturated heterocycles. The van der Waals surface area contributed by atoms with Gasteiger partial charge in [-0.3, -0.25) is 4.79 Å². The third-order valence-electron chi connectivity index (χ3n) is 6.09. The Hall–Kier alpha value is -3.48. The molecule has 0 atom stereocenters. The maximum Gasteiger partial charge on any atom is 0.322 e. The van der Waals surface area contributed by atoms with E-state index in [2.05, 4.69) is 10.3 Å². The lowest BCUT2D eigenvalue weighted by Crippen LogP contribution is -2.44. The van der Waals surface area contributed by atoms with E-state index in [1.807, 2.05) is 48.5 Å². The average Bonchev–Trinajstić information content (AvgIpc) is 2.83. The summed E-state index contributed by atoms with van der Waals surface area (Å²) in [5, 5.41) is 3.85. The van der Waals surface area contributed by atoms with Crippen LogP contribution >= 0.6 is 0 Å². The molecule has 2 N–H and O–H groups in total. The molecule has 2 amide bonds. The van der Waals surface area contributed by atoms with E-state index in [4.69, 9.17) is 9.47 Å². The molecule has 1 fully saturated rings. The van der Waals surface area contributed by atoms with Crippen molar-refractivity contribution in [2.45, 2.75) is 44.7 Å². The largest absolute Gasteiger partial charge is 0.497 e. The Labute approximate surface area is 187 Å². The van der Waals surface area contributed by atoms with Gasteiger partial charge in [0.1, 0.15) is 11.5 Å². The van der Waals surface area contributed by atoms with Crippen molar-refractivity contribution in [2.24, 2.45) is 0 Å². The number of anilines is 1. The molecule has 0 unspecified atom stereocenters. The average molecular weight is 436 g/mol. The van der Waals surface area contributed by atoms with Gasteiger partial charge in [-0.2, -0.15) is 0 Å². The second-order valence-corrected chi connectivity index (χ2v) is 8.13. The van der Waals surface area contributed by atoms with Crippen LogP contribution in [0.4, 0.5) is 10.5 Å². The number of nitrogens with one attached hydrogen (secondary N) is 2. The van der Waals surface area contributed by atoms with Crippen molar-refractivity contribution in [3.05, 3.63) is 64.4 Å². The zero-order valence-electron chi connectivity index (χ0n) is 18.5. The smallest absolute Gasteiger partial charge is 0.322 e. The molecule has 0 aliphatic heterocycles. The number of para-hydroxylation sites is 2. The van der Waals surface area contributed by atoms with Gasteiger partial charge in [-0.15, -0.1) is 0 Å². The minimum atomic E-state index is -0.230. The van der Waals surface area contributed by atoms with Gasteiger partial charge in [0.25, 0.3) is 5.56 Å². The molecule has 32 heavy (non-hydrogen) atoms. The SMILES string of the molecule is COc1ccc2[nH]c(=O)c(CN(C(=O)Nc3ccccc3OC)C3CCCCC3)cc2c1. The first-order valence-corrected chi connectivity index (χ1v) is 11.0. The molecule has 3 aromatic rings. The lowest BCUT2D eigenvalue weighted by molar-refractivity contribution is 0.162. The number of benzene rings is 2. The Morgan fingerprint density at radius 1 is 1.06 bits per heavy atom. The van der Waals surface area contributed by atoms with Gasteiger partial charge < -0.3 is 24.7 Å². The standard InChI is InChI=1S/C25H29N3O4/c1-31-20-12-13-21-17(15-20)14-18(24(29)26-21)16-28(19-8-4-3-5-9-19)25(30)27-22-10-6-7-11-23(22)32-2/h6-7,10-15,19H,3-5,8-9,16H2,1-2H3,(H,26,29)(H,27,30). The van der Waals surface area contributed by atoms with E-state index < -0.39 is 0 Å². The van der Waals surface area contributed by atoms with E-state index in [0.717, 1.165) is 36.6 Å². The number of aromatic nitrogens is 1. The number of carbonyl (C=O) groups is 1. The molecule has 7 heteroatoms. The summed E-state index contributed by atoms with van der Waals surface area (Å²) in [7, 11) is 3.19. The number of aromatic amines is 1. The zero-order chi connectivity index (χ0) is 22.5. The van der Waals surface area contributed by atoms with Gasteiger partial charge in [0, 0.05) is 22.5 Å². The highest BCUT2D eigenvalue weighted by molar-refractivity contribution is 5.91. The Balaban J connectivity index is 1.65. The van der Waals surface area contributed by atoms with Gasteiger partial charge >= 0.3 is 6.03 Å². The molecule has 0 bridgehead atoms. The topological polar surface area (TPSA) is 83.7 Å². The second kappa shape index (κ2) is 9.77. The number of rotatable bonds is 6. The van der Waals surface area contributed by atoms with Crippen molar-refractivity contribution in [3.63, 3.8) is 0 Å². The number of fused-ring (bicyclic) bond motifs is 1. The van der Waals surface area contributed by atoms with Gasteiger partial charge in [-0.25, -0.2) is 4.79 Å². The predicted molar refractivity (Wildman–Crippen MR) is 126 cm³/mol. The third kappa shape index (κ3) is 4.72. The number of urea groups is 1. The van der Waals surface area contributed by atoms with Crippen molar-refractivity contribution < 1.29 is 14.3 Å². The van der Waals surface area contributed by atoms with Crippen LogP contribution in [0, 0.1) is 0 Å². The fourth-order valence-electron chi connectivity index (χ4n) is 4.35. The molecule has 1 saturated carbocycles. The Bertz CT molecular complexity index is 1150. The quantitative estimate of drug-likeness (QED) is 0.576. The summed E-state index contributed by atoms with van der Waals surface area (Å²) < 4.78 is 10.7. The van der Waals surface area contributed by atoms with E-state index in [0.29, 0.717) is 22.7 Å². The fraction of sp³-hybridized carbons (Fsp3) is 0.360. The number of nitrogens with zero attached hydrogens (tertiary/aromatic N) is 1. The Morgan fingerprint density at radius 3 is 2.59 bits per heavy atom. The number of ether oxygens (including phenoxy) is 2. The first kappa shape index (κ1) is 21.7. The van der Waals surface area contributed by atoms with Crippen LogP contribution in [-0.4, -0.2) is 36.2 Å². The molecule has 0 spiro atoms. The van der Waals surface area contributed by atoms with Crippen molar-refractivity contribution >= 4 is 22.6 Å². The normalized spacial score (nSPS) is 14.2. The van der Waals surface area contributed by atoms with Crippen LogP contribution in [0.1, 0.15) is 37.7 Å². The van der Waals surface area contributed by atoms with Crippen LogP contribution in [0.3, 0.4) is 0 Å². The number of hydrogen-bond acceptors (Lipinski definition) is 4. The second-order valence-electron chi connectivity index (χ2n) is 8.13. The minimum Gasteiger partial charge on any atom is -0.497 e. The number of carbonyl (C=O) groups excluding carboxylic acids is 1. The molecule has 168 valence electrons. The summed E-state index contributed by atoms with van der Waals surface area (Å²) >= 11 is 0. The molecule has 1 aromatic heterocycles. The monoisotopic (exact) mass is 435 g/mol. The summed E-state index contributed by atoms with van der Waals surface area (Å²) in [4.78, 5) is 30.9. The molecular formula is C25H29N3O4. The van der Waals surface area contributed by atoms with Crippen LogP contribution in [0.2, 0.25) is 0 Å². The van der Waals surface area contributed by atoms with E-state index in [1.54, 1.807) is 19.1 Å². The Kier molecular flexibility index (Phi) is 6.63. The molecule has 7 nitrogen and oxygen atoms in total. The van der Waals surface area contributed by atoms with Gasteiger partial charge in [0.05, 0.1) is 26.5 Å². The van der Waals surface area contributed by atoms with Crippen molar-refractivity contribution in [2.75, 3.05) is 19.5 Å². The number of methoxy groups -OCH3 is 2. The lowest BCUT2D eigenvalue weighted by atomic mass is 9.94. The zero-order valence-corrected chi connectivity index (χ0v) is 18.5. The number of H-pyrrole nitrogens is 1. The van der Waals surface area contributed by atoms with Crippen LogP contribution in [0.15, 0.2) is 53.3 Å². The first-order valence-electron chi connectivity index (χ1n) is 11.0. The molecule has 4 rings (SSSR count). The first-order chi connectivity index (χ1) is 15.6. The van der Waals surface area contributed by atoms with Gasteiger partial charge in [-0.05, 0) is 49.2 Å². The number of hydrogen-bond donors (Lipinski definition) is 2. The third-order valence-corrected chi connectivity index (χ3v) is 6.09. The van der Waals surface area contributed by atoms with Crippen LogP contribution in [0.25, 0.3) is 10.9 Å². The Morgan fingerprint density at radius 2 is 1.84 bits per heavy atom. The van der Waals surface area contributed by atoms with Crippen molar-refractivity contribution in [1.82, 2.24) is 9.88 Å². The van der Waals surface area contributed by atoms with Crippen molar-refractivity contribution in [3.8, 4) is 11.5 Å². The van der Waals surface area contributed by atoms with E-state index in [-0.39, 0.29) is 24.2 Å². The van der Waals surface area contributed by atoms with Crippen LogP contribution < -0.4 is 20.3 Å². The minimum absolute atomic E-state index is 0.0823. The maximum atomic E-state index is 13.4. The maximum absolute atomic E-state index is 13.4. The van der Waals surface area contributed by atoms with E-state index >= 15 is 0 Å². The highest BCUT2D eigenvalue weighted by Gasteiger charge is 2.27. The molecule has 1 heterocycles. The molecule has 1 aliphatic carbocycles. The molecule has 2 aromatic carbocycles. The van der Waals surface area contributed by atoms with Gasteiger partial charge in [-0.1, -0.05) is 31.4 Å². The van der Waals surface area contributed by atoms with E-state index in [9.17, 15) is 9.59 Å². The van der Waals surface area contributed by atoms with E-state index in [1.165, 1.54) is 6.42 Å². The highest BCUT2D eigenvalue weighted by Crippen LogP contribution is 2.28. The van der Waals surface area contributed by atoms with Crippen molar-refractivity contribution in [1.29, 1.82) is 0 Å². The summed E-state index contributed by atoms with van der Waals surface area (Å²) in [6.07, 6.45) is 5.19. The van der Waals surface area contributed by atoms with Crippen LogP contribution in [-0.2, 0) is 6.54 Å². The summed E-state index contributed by atoms with van der Waals surface area (Å²) in [5.74, 6) is 1.31. The molecule has 1 aliphatic rings. The summed E-state index contributed by atoms with van der Waals surface area (Å²) in [6, 6.07) is 14.6. The lowest BCUT2D eigenvalue weighted by Gasteiger charge is -2.34. The molecular weight excluding hydrogens is 406 g/mol. The number of pyridine rings is 1. The number of amides is 2. The predicted octanol–water partition coefficient (Wildman–Crippen LogP) is 4.91. The fourth-order valence-corrected chi connectivity index (χ4v) is 4.35. The van der Waals surface area contributed by atoms with Crippen LogP contribution in [0.5, 0.6) is 11.5 Å². The molecule has 0 radical (unpaired) electrons. The highest BCUT2D eigenvalue weighted by atomic mass is 16.5. The summed E-state index contributed by atoms with van der Waals surface area (Å²) in [5.41, 5.74) is 1.71.